The number of hydrogen-bond donors (Lipinski definition) is 1. The summed E-state index contributed by atoms with van der Waals surface area (Å²) in [6.07, 6.45) is 0. The van der Waals surface area contributed by atoms with E-state index in [0.717, 1.165) is 5.75 Å². The van der Waals surface area contributed by atoms with Crippen molar-refractivity contribution in [2.75, 3.05) is 6.61 Å². The molecule has 21 heavy (non-hydrogen) atoms. The van der Waals surface area contributed by atoms with E-state index in [9.17, 15) is 9.90 Å². The molecule has 5 nitrogen and oxygen atoms in total. The molecular weight excluding hydrogens is 270 g/mol. The first-order valence-electron chi connectivity index (χ1n) is 6.54. The van der Waals surface area contributed by atoms with Crippen LogP contribution in [0.1, 0.15) is 6.92 Å². The van der Waals surface area contributed by atoms with Crippen LogP contribution in [0.2, 0.25) is 0 Å². The van der Waals surface area contributed by atoms with Crippen molar-refractivity contribution in [3.8, 4) is 23.0 Å². The highest BCUT2D eigenvalue weighted by atomic mass is 16.5. The van der Waals surface area contributed by atoms with Gasteiger partial charge in [0, 0.05) is 5.56 Å². The minimum atomic E-state index is -0.528. The second-order valence-electron chi connectivity index (χ2n) is 4.47. The molecule has 0 saturated heterocycles. The summed E-state index contributed by atoms with van der Waals surface area (Å²) in [5.74, 6) is 0.987. The van der Waals surface area contributed by atoms with Gasteiger partial charge in [0.2, 0.25) is 5.89 Å². The van der Waals surface area contributed by atoms with E-state index in [4.69, 9.17) is 9.15 Å². The van der Waals surface area contributed by atoms with E-state index in [-0.39, 0.29) is 17.0 Å². The molecule has 2 aromatic carbocycles. The first-order valence-corrected chi connectivity index (χ1v) is 6.54. The van der Waals surface area contributed by atoms with Gasteiger partial charge in [0.05, 0.1) is 17.5 Å². The van der Waals surface area contributed by atoms with Crippen LogP contribution in [0, 0.1) is 0 Å². The molecule has 0 aliphatic carbocycles. The van der Waals surface area contributed by atoms with Crippen molar-refractivity contribution in [1.29, 1.82) is 0 Å². The number of phenols is 1. The topological polar surface area (TPSA) is 72.6 Å². The van der Waals surface area contributed by atoms with Crippen molar-refractivity contribution in [3.05, 3.63) is 52.9 Å². The highest BCUT2D eigenvalue weighted by molar-refractivity contribution is 5.80. The predicted molar refractivity (Wildman–Crippen MR) is 78.5 cm³/mol. The number of fused-ring (bicyclic) bond motifs is 1. The van der Waals surface area contributed by atoms with Crippen molar-refractivity contribution >= 4 is 10.9 Å². The summed E-state index contributed by atoms with van der Waals surface area (Å²) in [6.45, 7) is 2.50. The number of nitrogens with zero attached hydrogens (tertiary/aromatic N) is 1. The van der Waals surface area contributed by atoms with E-state index in [0.29, 0.717) is 17.7 Å². The zero-order valence-corrected chi connectivity index (χ0v) is 11.4. The number of aromatic nitrogens is 1. The van der Waals surface area contributed by atoms with E-state index < -0.39 is 5.63 Å². The quantitative estimate of drug-likeness (QED) is 0.800. The zero-order valence-electron chi connectivity index (χ0n) is 11.4. The van der Waals surface area contributed by atoms with E-state index >= 15 is 0 Å². The third kappa shape index (κ3) is 2.58. The standard InChI is InChI=1S/C16H13NO4/c1-2-20-12-6-3-10(4-7-12)15-17-14-8-5-11(18)9-13(14)16(19)21-15/h3-9,18H,2H2,1H3. The van der Waals surface area contributed by atoms with Gasteiger partial charge in [-0.2, -0.15) is 0 Å². The number of hydrogen-bond acceptors (Lipinski definition) is 5. The highest BCUT2D eigenvalue weighted by Gasteiger charge is 2.09. The summed E-state index contributed by atoms with van der Waals surface area (Å²) in [7, 11) is 0. The molecule has 3 aromatic rings. The maximum atomic E-state index is 12.0. The monoisotopic (exact) mass is 283 g/mol. The van der Waals surface area contributed by atoms with Crippen LogP contribution in [0.15, 0.2) is 51.7 Å². The maximum Gasteiger partial charge on any atom is 0.347 e. The van der Waals surface area contributed by atoms with E-state index in [2.05, 4.69) is 4.98 Å². The average molecular weight is 283 g/mol. The van der Waals surface area contributed by atoms with Crippen LogP contribution in [0.4, 0.5) is 0 Å². The van der Waals surface area contributed by atoms with Gasteiger partial charge in [-0.1, -0.05) is 0 Å². The number of aromatic hydroxyl groups is 1. The Morgan fingerprint density at radius 1 is 1.19 bits per heavy atom. The van der Waals surface area contributed by atoms with Crippen LogP contribution in [0.3, 0.4) is 0 Å². The number of benzene rings is 2. The van der Waals surface area contributed by atoms with Gasteiger partial charge < -0.3 is 14.3 Å². The molecular formula is C16H13NO4. The highest BCUT2D eigenvalue weighted by Crippen LogP contribution is 2.23. The number of ether oxygens (including phenoxy) is 1. The molecule has 0 saturated carbocycles. The molecule has 0 bridgehead atoms. The second-order valence-corrected chi connectivity index (χ2v) is 4.47. The van der Waals surface area contributed by atoms with Gasteiger partial charge >= 0.3 is 5.63 Å². The van der Waals surface area contributed by atoms with Gasteiger partial charge in [-0.3, -0.25) is 0 Å². The largest absolute Gasteiger partial charge is 0.508 e. The lowest BCUT2D eigenvalue weighted by Crippen LogP contribution is -2.02. The first-order chi connectivity index (χ1) is 10.2. The van der Waals surface area contributed by atoms with Crippen LogP contribution < -0.4 is 10.4 Å². The summed E-state index contributed by atoms with van der Waals surface area (Å²) < 4.78 is 10.6. The third-order valence-corrected chi connectivity index (χ3v) is 3.02. The fourth-order valence-electron chi connectivity index (χ4n) is 2.04. The molecule has 0 radical (unpaired) electrons. The van der Waals surface area contributed by atoms with Gasteiger partial charge in [0.1, 0.15) is 11.5 Å². The smallest absolute Gasteiger partial charge is 0.347 e. The summed E-state index contributed by atoms with van der Waals surface area (Å²) in [6, 6.07) is 11.6. The molecule has 1 heterocycles. The summed E-state index contributed by atoms with van der Waals surface area (Å²) in [4.78, 5) is 16.3. The van der Waals surface area contributed by atoms with Gasteiger partial charge in [0.25, 0.3) is 0 Å². The third-order valence-electron chi connectivity index (χ3n) is 3.02. The number of phenolic OH excluding ortho intramolecular Hbond substituents is 1. The molecule has 0 unspecified atom stereocenters. The van der Waals surface area contributed by atoms with Gasteiger partial charge in [-0.15, -0.1) is 0 Å². The Bertz CT molecular complexity index is 837. The predicted octanol–water partition coefficient (Wildman–Crippen LogP) is 2.96. The summed E-state index contributed by atoms with van der Waals surface area (Å²) in [5.41, 5.74) is 0.637. The normalized spacial score (nSPS) is 10.7. The Balaban J connectivity index is 2.08. The van der Waals surface area contributed by atoms with Crippen LogP contribution in [0.25, 0.3) is 22.4 Å². The Morgan fingerprint density at radius 3 is 2.67 bits per heavy atom. The fourth-order valence-corrected chi connectivity index (χ4v) is 2.04. The van der Waals surface area contributed by atoms with Crippen LogP contribution in [0.5, 0.6) is 11.5 Å². The van der Waals surface area contributed by atoms with Crippen LogP contribution in [-0.4, -0.2) is 16.7 Å². The van der Waals surface area contributed by atoms with E-state index in [1.54, 1.807) is 30.3 Å². The first kappa shape index (κ1) is 13.2. The van der Waals surface area contributed by atoms with Gasteiger partial charge in [-0.05, 0) is 49.4 Å². The minimum Gasteiger partial charge on any atom is -0.508 e. The van der Waals surface area contributed by atoms with Crippen molar-refractivity contribution < 1.29 is 14.3 Å². The molecule has 1 N–H and O–H groups in total. The van der Waals surface area contributed by atoms with Gasteiger partial charge in [0.15, 0.2) is 0 Å². The Labute approximate surface area is 120 Å². The van der Waals surface area contributed by atoms with Crippen molar-refractivity contribution in [1.82, 2.24) is 4.98 Å². The number of rotatable bonds is 3. The molecule has 0 fully saturated rings. The molecule has 0 spiro atoms. The molecule has 0 aliphatic heterocycles. The Morgan fingerprint density at radius 2 is 1.95 bits per heavy atom. The summed E-state index contributed by atoms with van der Waals surface area (Å²) >= 11 is 0. The van der Waals surface area contributed by atoms with Crippen LogP contribution in [-0.2, 0) is 0 Å². The van der Waals surface area contributed by atoms with Gasteiger partial charge in [-0.25, -0.2) is 9.78 Å². The lowest BCUT2D eigenvalue weighted by molar-refractivity contribution is 0.340. The van der Waals surface area contributed by atoms with E-state index in [1.165, 1.54) is 12.1 Å². The molecule has 0 atom stereocenters. The molecule has 106 valence electrons. The lowest BCUT2D eigenvalue weighted by atomic mass is 10.2. The molecule has 1 aromatic heterocycles. The van der Waals surface area contributed by atoms with Crippen molar-refractivity contribution in [2.45, 2.75) is 6.92 Å². The zero-order chi connectivity index (χ0) is 14.8. The fraction of sp³-hybridized carbons (Fsp3) is 0.125. The van der Waals surface area contributed by atoms with Crippen LogP contribution >= 0.6 is 0 Å². The Hall–Kier alpha value is -2.82. The molecule has 0 aliphatic rings. The molecule has 0 amide bonds. The van der Waals surface area contributed by atoms with Crippen molar-refractivity contribution in [3.63, 3.8) is 0 Å². The van der Waals surface area contributed by atoms with Crippen molar-refractivity contribution in [2.24, 2.45) is 0 Å². The summed E-state index contributed by atoms with van der Waals surface area (Å²) in [5, 5.41) is 9.65. The lowest BCUT2D eigenvalue weighted by Gasteiger charge is -2.04. The second kappa shape index (κ2) is 5.28. The SMILES string of the molecule is CCOc1ccc(-c2nc3ccc(O)cc3c(=O)o2)cc1. The maximum absolute atomic E-state index is 12.0. The average Bonchev–Trinajstić information content (AvgIpc) is 2.49. The Kier molecular flexibility index (Phi) is 3.31. The minimum absolute atomic E-state index is 0.00502. The molecule has 3 rings (SSSR count). The molecule has 5 heteroatoms. The van der Waals surface area contributed by atoms with E-state index in [1.807, 2.05) is 6.92 Å².